The first kappa shape index (κ1) is 14.6. The number of carbonyl (C=O) groups is 2. The fourth-order valence-electron chi connectivity index (χ4n) is 4.87. The molecule has 2 amide bonds. The van der Waals surface area contributed by atoms with Crippen molar-refractivity contribution in [3.8, 4) is 0 Å². The highest BCUT2D eigenvalue weighted by molar-refractivity contribution is 9.10. The number of allylic oxidation sites excluding steroid dienone is 2. The number of nitrogens with zero attached hydrogens (tertiary/aromatic N) is 2. The summed E-state index contributed by atoms with van der Waals surface area (Å²) < 4.78 is 0.988. The Labute approximate surface area is 148 Å². The van der Waals surface area contributed by atoms with Crippen molar-refractivity contribution in [2.75, 3.05) is 0 Å². The highest BCUT2D eigenvalue weighted by Gasteiger charge is 2.67. The Hall–Kier alpha value is -1.75. The first-order chi connectivity index (χ1) is 11.6. The molecule has 122 valence electrons. The van der Waals surface area contributed by atoms with Crippen LogP contribution < -0.4 is 0 Å². The van der Waals surface area contributed by atoms with Gasteiger partial charge in [0.2, 0.25) is 0 Å². The highest BCUT2D eigenvalue weighted by atomic mass is 79.9. The van der Waals surface area contributed by atoms with Gasteiger partial charge in [0.1, 0.15) is 0 Å². The zero-order valence-electron chi connectivity index (χ0n) is 13.2. The molecule has 1 aliphatic heterocycles. The number of benzene rings is 1. The van der Waals surface area contributed by atoms with Crippen LogP contribution in [0.15, 0.2) is 39.9 Å². The molecule has 6 atom stereocenters. The van der Waals surface area contributed by atoms with Crippen LogP contribution in [0.5, 0.6) is 0 Å². The Morgan fingerprint density at radius 2 is 1.75 bits per heavy atom. The predicted octanol–water partition coefficient (Wildman–Crippen LogP) is 3.14. The molecule has 5 heteroatoms. The number of hydrazone groups is 1. The number of rotatable bonds is 2. The van der Waals surface area contributed by atoms with E-state index in [1.807, 2.05) is 25.1 Å². The van der Waals surface area contributed by atoms with Gasteiger partial charge in [0.15, 0.2) is 0 Å². The summed E-state index contributed by atoms with van der Waals surface area (Å²) in [5.41, 5.74) is 2.00. The molecule has 0 aromatic heterocycles. The minimum Gasteiger partial charge on any atom is -0.272 e. The molecule has 1 aromatic rings. The Kier molecular flexibility index (Phi) is 2.97. The number of hydrogen-bond donors (Lipinski definition) is 0. The molecular weight excluding hydrogens is 368 g/mol. The Balaban J connectivity index is 1.44. The lowest BCUT2D eigenvalue weighted by Crippen LogP contribution is -2.40. The summed E-state index contributed by atoms with van der Waals surface area (Å²) in [4.78, 5) is 25.6. The number of amides is 2. The predicted molar refractivity (Wildman–Crippen MR) is 93.0 cm³/mol. The van der Waals surface area contributed by atoms with E-state index in [9.17, 15) is 9.59 Å². The summed E-state index contributed by atoms with van der Waals surface area (Å²) in [5, 5.41) is 5.37. The van der Waals surface area contributed by atoms with Crippen LogP contribution in [0.2, 0.25) is 0 Å². The SMILES string of the molecule is Cc1ccc(C=NN2C(=O)[C@@H]3[C@H]4C=C[C@@H]([C@@H]5C[C@@H]45)[C@H]3C2=O)cc1Br. The van der Waals surface area contributed by atoms with Crippen molar-refractivity contribution in [2.24, 2.45) is 40.6 Å². The molecule has 1 aromatic carbocycles. The van der Waals surface area contributed by atoms with Gasteiger partial charge in [0.25, 0.3) is 11.8 Å². The van der Waals surface area contributed by atoms with Crippen LogP contribution in [-0.4, -0.2) is 23.0 Å². The second-order valence-electron chi connectivity index (χ2n) is 7.40. The fourth-order valence-corrected chi connectivity index (χ4v) is 5.27. The van der Waals surface area contributed by atoms with Crippen molar-refractivity contribution in [3.63, 3.8) is 0 Å². The molecule has 4 nitrogen and oxygen atoms in total. The zero-order valence-corrected chi connectivity index (χ0v) is 14.8. The first-order valence-electron chi connectivity index (χ1n) is 8.42. The van der Waals surface area contributed by atoms with Crippen LogP contribution >= 0.6 is 15.9 Å². The molecule has 0 spiro atoms. The first-order valence-corrected chi connectivity index (χ1v) is 9.22. The average Bonchev–Trinajstić information content (AvgIpc) is 3.35. The van der Waals surface area contributed by atoms with Gasteiger partial charge in [-0.2, -0.15) is 10.1 Å². The van der Waals surface area contributed by atoms with Crippen LogP contribution in [-0.2, 0) is 9.59 Å². The maximum absolute atomic E-state index is 12.8. The summed E-state index contributed by atoms with van der Waals surface area (Å²) in [5.74, 6) is 1.14. The van der Waals surface area contributed by atoms with Crippen molar-refractivity contribution < 1.29 is 9.59 Å². The molecule has 4 aliphatic carbocycles. The molecule has 2 bridgehead atoms. The van der Waals surface area contributed by atoms with Gasteiger partial charge < -0.3 is 0 Å². The normalized spacial score (nSPS) is 38.8. The van der Waals surface area contributed by atoms with E-state index in [1.165, 1.54) is 6.42 Å². The monoisotopic (exact) mass is 384 g/mol. The lowest BCUT2D eigenvalue weighted by molar-refractivity contribution is -0.140. The second kappa shape index (κ2) is 4.88. The Morgan fingerprint density at radius 1 is 1.12 bits per heavy atom. The van der Waals surface area contributed by atoms with Crippen LogP contribution in [0.1, 0.15) is 17.5 Å². The molecule has 24 heavy (non-hydrogen) atoms. The molecule has 1 saturated heterocycles. The van der Waals surface area contributed by atoms with E-state index in [-0.39, 0.29) is 35.5 Å². The quantitative estimate of drug-likeness (QED) is 0.446. The van der Waals surface area contributed by atoms with Gasteiger partial charge in [-0.1, -0.05) is 40.2 Å². The Morgan fingerprint density at radius 3 is 2.33 bits per heavy atom. The summed E-state index contributed by atoms with van der Waals surface area (Å²) in [6.07, 6.45) is 7.13. The third kappa shape index (κ3) is 1.88. The summed E-state index contributed by atoms with van der Waals surface area (Å²) in [6.45, 7) is 2.01. The average molecular weight is 385 g/mol. The smallest absolute Gasteiger partial charge is 0.254 e. The second-order valence-corrected chi connectivity index (χ2v) is 8.25. The maximum atomic E-state index is 12.8. The fraction of sp³-hybridized carbons (Fsp3) is 0.421. The van der Waals surface area contributed by atoms with E-state index >= 15 is 0 Å². The molecule has 2 saturated carbocycles. The van der Waals surface area contributed by atoms with Crippen molar-refractivity contribution in [1.82, 2.24) is 5.01 Å². The van der Waals surface area contributed by atoms with Gasteiger partial charge in [-0.25, -0.2) is 0 Å². The third-order valence-electron chi connectivity index (χ3n) is 6.16. The molecule has 3 fully saturated rings. The summed E-state index contributed by atoms with van der Waals surface area (Å²) in [7, 11) is 0. The van der Waals surface area contributed by atoms with Crippen LogP contribution in [0.3, 0.4) is 0 Å². The molecule has 5 aliphatic rings. The van der Waals surface area contributed by atoms with E-state index < -0.39 is 0 Å². The molecule has 0 radical (unpaired) electrons. The van der Waals surface area contributed by atoms with Crippen molar-refractivity contribution in [1.29, 1.82) is 0 Å². The van der Waals surface area contributed by atoms with E-state index in [0.717, 1.165) is 20.6 Å². The van der Waals surface area contributed by atoms with Gasteiger partial charge in [0, 0.05) is 4.47 Å². The van der Waals surface area contributed by atoms with Crippen molar-refractivity contribution >= 4 is 34.0 Å². The molecule has 6 rings (SSSR count). The van der Waals surface area contributed by atoms with Gasteiger partial charge >= 0.3 is 0 Å². The molecule has 1 heterocycles. The number of carbonyl (C=O) groups excluding carboxylic acids is 2. The summed E-state index contributed by atoms with van der Waals surface area (Å²) in [6, 6.07) is 5.86. The lowest BCUT2D eigenvalue weighted by Gasteiger charge is -2.37. The number of halogens is 1. The molecular formula is C19H17BrN2O2. The number of imide groups is 1. The Bertz CT molecular complexity index is 795. The van der Waals surface area contributed by atoms with Crippen LogP contribution in [0.25, 0.3) is 0 Å². The molecule has 0 unspecified atom stereocenters. The van der Waals surface area contributed by atoms with Crippen molar-refractivity contribution in [3.05, 3.63) is 46.0 Å². The lowest BCUT2D eigenvalue weighted by atomic mass is 9.63. The highest BCUT2D eigenvalue weighted by Crippen LogP contribution is 2.65. The largest absolute Gasteiger partial charge is 0.272 e. The topological polar surface area (TPSA) is 49.7 Å². The van der Waals surface area contributed by atoms with Gasteiger partial charge in [-0.05, 0) is 54.2 Å². The van der Waals surface area contributed by atoms with Crippen molar-refractivity contribution in [2.45, 2.75) is 13.3 Å². The number of hydrogen-bond acceptors (Lipinski definition) is 3. The molecule has 0 N–H and O–H groups in total. The third-order valence-corrected chi connectivity index (χ3v) is 7.01. The van der Waals surface area contributed by atoms with E-state index in [2.05, 4.69) is 33.2 Å². The minimum atomic E-state index is -0.182. The minimum absolute atomic E-state index is 0.114. The van der Waals surface area contributed by atoms with E-state index in [4.69, 9.17) is 0 Å². The van der Waals surface area contributed by atoms with E-state index in [0.29, 0.717) is 11.8 Å². The van der Waals surface area contributed by atoms with E-state index in [1.54, 1.807) is 6.21 Å². The number of aryl methyl sites for hydroxylation is 1. The van der Waals surface area contributed by atoms with Crippen LogP contribution in [0.4, 0.5) is 0 Å². The van der Waals surface area contributed by atoms with Gasteiger partial charge in [-0.15, -0.1) is 0 Å². The maximum Gasteiger partial charge on any atom is 0.254 e. The summed E-state index contributed by atoms with van der Waals surface area (Å²) >= 11 is 3.49. The van der Waals surface area contributed by atoms with Gasteiger partial charge in [-0.3, -0.25) is 9.59 Å². The zero-order chi connectivity index (χ0) is 16.6. The standard InChI is InChI=1S/C19H17BrN2O2/c1-9-2-3-10(6-15(9)20)8-21-22-18(23)16-11-4-5-12(14-7-13(11)14)17(16)19(22)24/h2-6,8,11-14,16-17H,7H2,1H3/t11-,12-,13-,14-,16+,17+/m0/s1. The van der Waals surface area contributed by atoms with Gasteiger partial charge in [0.05, 0.1) is 18.1 Å². The van der Waals surface area contributed by atoms with Crippen LogP contribution in [0, 0.1) is 42.4 Å².